The van der Waals surface area contributed by atoms with Crippen LogP contribution in [0.2, 0.25) is 0 Å². The second kappa shape index (κ2) is 11.7. The van der Waals surface area contributed by atoms with Crippen LogP contribution in [0.25, 0.3) is 0 Å². The topological polar surface area (TPSA) is 134 Å². The maximum Gasteiger partial charge on any atom is 0.408 e. The number of carbonyl (C=O) groups is 4. The van der Waals surface area contributed by atoms with Crippen LogP contribution in [0.4, 0.5) is 4.79 Å². The standard InChI is InChI=1S/C24H35N3O7/c1-6-33-19(29)12-13-25-22(31)20(17-9-7-8-15(2)21(17)30)27(16-10-11-16)18(28)14-26-23(32)34-24(3,4)5/h7-9,16,20,30H,6,10-14H2,1-5H3,(H,25,31)(H,26,32). The van der Waals surface area contributed by atoms with Crippen molar-refractivity contribution in [3.63, 3.8) is 0 Å². The number of nitrogens with zero attached hydrogens (tertiary/aromatic N) is 1. The monoisotopic (exact) mass is 477 g/mol. The summed E-state index contributed by atoms with van der Waals surface area (Å²) in [6.07, 6.45) is 0.615. The van der Waals surface area contributed by atoms with Crippen molar-refractivity contribution in [2.75, 3.05) is 19.7 Å². The zero-order valence-corrected chi connectivity index (χ0v) is 20.5. The highest BCUT2D eigenvalue weighted by Crippen LogP contribution is 2.38. The van der Waals surface area contributed by atoms with Crippen LogP contribution in [-0.4, -0.2) is 65.2 Å². The van der Waals surface area contributed by atoms with Crippen molar-refractivity contribution in [2.24, 2.45) is 0 Å². The van der Waals surface area contributed by atoms with Gasteiger partial charge in [-0.2, -0.15) is 0 Å². The fourth-order valence-electron chi connectivity index (χ4n) is 3.40. The second-order valence-corrected chi connectivity index (χ2v) is 9.15. The number of para-hydroxylation sites is 1. The Balaban J connectivity index is 2.24. The predicted octanol–water partition coefficient (Wildman–Crippen LogP) is 2.33. The van der Waals surface area contributed by atoms with Gasteiger partial charge in [-0.1, -0.05) is 18.2 Å². The van der Waals surface area contributed by atoms with Crippen LogP contribution in [0.5, 0.6) is 5.75 Å². The molecule has 1 aliphatic rings. The molecule has 1 aromatic rings. The Morgan fingerprint density at radius 2 is 1.85 bits per heavy atom. The van der Waals surface area contributed by atoms with E-state index in [1.807, 2.05) is 0 Å². The van der Waals surface area contributed by atoms with E-state index in [0.717, 1.165) is 0 Å². The maximum absolute atomic E-state index is 13.3. The summed E-state index contributed by atoms with van der Waals surface area (Å²) in [7, 11) is 0. The number of benzene rings is 1. The molecule has 34 heavy (non-hydrogen) atoms. The normalized spacial score (nSPS) is 14.0. The minimum absolute atomic E-state index is 0.0175. The third-order valence-electron chi connectivity index (χ3n) is 5.03. The van der Waals surface area contributed by atoms with Crippen molar-refractivity contribution < 1.29 is 33.8 Å². The Hall–Kier alpha value is -3.30. The number of rotatable bonds is 10. The van der Waals surface area contributed by atoms with Crippen molar-refractivity contribution in [1.82, 2.24) is 15.5 Å². The van der Waals surface area contributed by atoms with E-state index < -0.39 is 35.5 Å². The molecule has 0 heterocycles. The van der Waals surface area contributed by atoms with Crippen LogP contribution in [0, 0.1) is 6.92 Å². The van der Waals surface area contributed by atoms with Gasteiger partial charge in [0, 0.05) is 18.2 Å². The molecule has 3 N–H and O–H groups in total. The summed E-state index contributed by atoms with van der Waals surface area (Å²) in [5.41, 5.74) is 0.0981. The van der Waals surface area contributed by atoms with E-state index in [2.05, 4.69) is 10.6 Å². The van der Waals surface area contributed by atoms with Crippen LogP contribution >= 0.6 is 0 Å². The van der Waals surface area contributed by atoms with Gasteiger partial charge in [-0.15, -0.1) is 0 Å². The first-order valence-electron chi connectivity index (χ1n) is 11.4. The largest absolute Gasteiger partial charge is 0.507 e. The number of hydrogen-bond donors (Lipinski definition) is 3. The number of esters is 1. The molecule has 3 amide bonds. The first kappa shape index (κ1) is 26.9. The first-order chi connectivity index (χ1) is 15.9. The molecule has 10 heteroatoms. The van der Waals surface area contributed by atoms with Gasteiger partial charge in [0.2, 0.25) is 11.8 Å². The van der Waals surface area contributed by atoms with Gasteiger partial charge in [-0.25, -0.2) is 4.79 Å². The molecule has 0 aromatic heterocycles. The summed E-state index contributed by atoms with van der Waals surface area (Å²) in [6, 6.07) is 3.62. The molecule has 1 atom stereocenters. The number of alkyl carbamates (subject to hydrolysis) is 1. The van der Waals surface area contributed by atoms with E-state index in [1.54, 1.807) is 52.8 Å². The van der Waals surface area contributed by atoms with Gasteiger partial charge in [0.15, 0.2) is 0 Å². The summed E-state index contributed by atoms with van der Waals surface area (Å²) in [4.78, 5) is 51.5. The average molecular weight is 478 g/mol. The van der Waals surface area contributed by atoms with Crippen molar-refractivity contribution in [3.8, 4) is 5.75 Å². The van der Waals surface area contributed by atoms with E-state index in [9.17, 15) is 24.3 Å². The molecule has 0 aliphatic heterocycles. The molecule has 1 fully saturated rings. The van der Waals surface area contributed by atoms with Gasteiger partial charge in [-0.3, -0.25) is 14.4 Å². The molecular weight excluding hydrogens is 442 g/mol. The van der Waals surface area contributed by atoms with Crippen molar-refractivity contribution in [1.29, 1.82) is 0 Å². The maximum atomic E-state index is 13.3. The third-order valence-corrected chi connectivity index (χ3v) is 5.03. The zero-order valence-electron chi connectivity index (χ0n) is 20.5. The average Bonchev–Trinajstić information content (AvgIpc) is 3.56. The van der Waals surface area contributed by atoms with E-state index in [0.29, 0.717) is 18.4 Å². The van der Waals surface area contributed by atoms with Gasteiger partial charge in [0.05, 0.1) is 13.0 Å². The molecule has 1 saturated carbocycles. The van der Waals surface area contributed by atoms with Crippen LogP contribution in [-0.2, 0) is 23.9 Å². The summed E-state index contributed by atoms with van der Waals surface area (Å²) in [6.45, 7) is 8.40. The summed E-state index contributed by atoms with van der Waals surface area (Å²) < 4.78 is 10.1. The number of ether oxygens (including phenoxy) is 2. The number of aryl methyl sites for hydroxylation is 1. The summed E-state index contributed by atoms with van der Waals surface area (Å²) in [5, 5.41) is 15.8. The Morgan fingerprint density at radius 1 is 1.18 bits per heavy atom. The van der Waals surface area contributed by atoms with E-state index in [4.69, 9.17) is 9.47 Å². The van der Waals surface area contributed by atoms with Gasteiger partial charge in [0.25, 0.3) is 0 Å². The predicted molar refractivity (Wildman–Crippen MR) is 124 cm³/mol. The zero-order chi connectivity index (χ0) is 25.5. The number of hydrogen-bond acceptors (Lipinski definition) is 7. The number of amides is 3. The van der Waals surface area contributed by atoms with Gasteiger partial charge >= 0.3 is 12.1 Å². The van der Waals surface area contributed by atoms with Crippen molar-refractivity contribution in [3.05, 3.63) is 29.3 Å². The third kappa shape index (κ3) is 7.93. The highest BCUT2D eigenvalue weighted by molar-refractivity contribution is 5.91. The Labute approximate surface area is 200 Å². The fraction of sp³-hybridized carbons (Fsp3) is 0.583. The molecule has 0 bridgehead atoms. The van der Waals surface area contributed by atoms with Crippen LogP contribution in [0.15, 0.2) is 18.2 Å². The molecule has 10 nitrogen and oxygen atoms in total. The molecule has 0 radical (unpaired) electrons. The molecule has 0 saturated heterocycles. The minimum atomic E-state index is -1.14. The Kier molecular flexibility index (Phi) is 9.28. The second-order valence-electron chi connectivity index (χ2n) is 9.15. The van der Waals surface area contributed by atoms with E-state index in [-0.39, 0.29) is 43.5 Å². The van der Waals surface area contributed by atoms with Gasteiger partial charge in [0.1, 0.15) is 23.9 Å². The van der Waals surface area contributed by atoms with Crippen LogP contribution in [0.3, 0.4) is 0 Å². The van der Waals surface area contributed by atoms with Gasteiger partial charge in [-0.05, 0) is 53.0 Å². The molecule has 1 aromatic carbocycles. The highest BCUT2D eigenvalue weighted by Gasteiger charge is 2.42. The lowest BCUT2D eigenvalue weighted by Crippen LogP contribution is -2.49. The highest BCUT2D eigenvalue weighted by atomic mass is 16.6. The Bertz CT molecular complexity index is 906. The molecule has 1 unspecified atom stereocenters. The van der Waals surface area contributed by atoms with Crippen molar-refractivity contribution >= 4 is 23.9 Å². The lowest BCUT2D eigenvalue weighted by atomic mass is 9.99. The number of phenols is 1. The molecule has 188 valence electrons. The van der Waals surface area contributed by atoms with Crippen LogP contribution < -0.4 is 10.6 Å². The molecule has 2 rings (SSSR count). The van der Waals surface area contributed by atoms with Crippen molar-refractivity contribution in [2.45, 2.75) is 71.6 Å². The number of carbonyl (C=O) groups excluding carboxylic acids is 4. The quantitative estimate of drug-likeness (QED) is 0.440. The summed E-state index contributed by atoms with van der Waals surface area (Å²) >= 11 is 0. The summed E-state index contributed by atoms with van der Waals surface area (Å²) in [5.74, 6) is -1.57. The molecule has 1 aliphatic carbocycles. The number of phenolic OH excluding ortho intramolecular Hbond substituents is 1. The lowest BCUT2D eigenvalue weighted by molar-refractivity contribution is -0.144. The smallest absolute Gasteiger partial charge is 0.408 e. The Morgan fingerprint density at radius 3 is 2.44 bits per heavy atom. The number of nitrogens with one attached hydrogen (secondary N) is 2. The van der Waals surface area contributed by atoms with E-state index >= 15 is 0 Å². The lowest BCUT2D eigenvalue weighted by Gasteiger charge is -2.32. The molecular formula is C24H35N3O7. The number of aromatic hydroxyl groups is 1. The minimum Gasteiger partial charge on any atom is -0.507 e. The first-order valence-corrected chi connectivity index (χ1v) is 11.4. The SMILES string of the molecule is CCOC(=O)CCNC(=O)C(c1cccc(C)c1O)N(C(=O)CNC(=O)OC(C)(C)C)C1CC1. The van der Waals surface area contributed by atoms with Gasteiger partial charge < -0.3 is 30.1 Å². The fourth-order valence-corrected chi connectivity index (χ4v) is 3.40. The van der Waals surface area contributed by atoms with E-state index in [1.165, 1.54) is 4.90 Å². The van der Waals surface area contributed by atoms with Crippen LogP contribution in [0.1, 0.15) is 64.1 Å². The molecule has 0 spiro atoms.